The number of carbonyl (C=O) groups excluding carboxylic acids is 1. The summed E-state index contributed by atoms with van der Waals surface area (Å²) < 4.78 is 7.20. The van der Waals surface area contributed by atoms with E-state index in [-0.39, 0.29) is 5.56 Å². The highest BCUT2D eigenvalue weighted by Gasteiger charge is 2.06. The first-order valence-electron chi connectivity index (χ1n) is 6.05. The smallest absolute Gasteiger partial charge is 0.250 e. The molecule has 0 unspecified atom stereocenters. The number of carbonyl (C=O) groups is 1. The topological polar surface area (TPSA) is 48.3 Å². The van der Waals surface area contributed by atoms with E-state index >= 15 is 0 Å². The lowest BCUT2D eigenvalue weighted by Crippen LogP contribution is -2.21. The second-order valence-corrected chi connectivity index (χ2v) is 4.19. The number of ether oxygens (including phenoxy) is 1. The van der Waals surface area contributed by atoms with Crippen LogP contribution in [0.15, 0.2) is 47.4 Å². The predicted molar refractivity (Wildman–Crippen MR) is 72.8 cm³/mol. The quantitative estimate of drug-likeness (QED) is 0.770. The second kappa shape index (κ2) is 6.00. The van der Waals surface area contributed by atoms with Crippen molar-refractivity contribution < 1.29 is 9.53 Å². The number of para-hydroxylation sites is 1. The Kier molecular flexibility index (Phi) is 4.13. The van der Waals surface area contributed by atoms with Gasteiger partial charge in [-0.15, -0.1) is 0 Å². The van der Waals surface area contributed by atoms with Crippen LogP contribution in [0.5, 0.6) is 5.75 Å². The number of aryl methyl sites for hydroxylation is 1. The highest BCUT2D eigenvalue weighted by molar-refractivity contribution is 5.80. The first-order chi connectivity index (χ1) is 9.22. The maximum absolute atomic E-state index is 11.5. The highest BCUT2D eigenvalue weighted by atomic mass is 16.5. The average molecular weight is 257 g/mol. The van der Waals surface area contributed by atoms with Gasteiger partial charge in [-0.3, -0.25) is 9.59 Å². The first kappa shape index (κ1) is 13.1. The lowest BCUT2D eigenvalue weighted by molar-refractivity contribution is 0.111. The van der Waals surface area contributed by atoms with Crippen LogP contribution in [0.2, 0.25) is 0 Å². The Bertz CT molecular complexity index is 631. The van der Waals surface area contributed by atoms with Crippen LogP contribution in [0.4, 0.5) is 0 Å². The van der Waals surface area contributed by atoms with Gasteiger partial charge in [0.2, 0.25) is 0 Å². The molecule has 1 aromatic heterocycles. The van der Waals surface area contributed by atoms with Gasteiger partial charge in [0.25, 0.3) is 5.56 Å². The third-order valence-corrected chi connectivity index (χ3v) is 2.85. The number of aromatic nitrogens is 1. The number of hydrogen-bond donors (Lipinski definition) is 0. The zero-order valence-electron chi connectivity index (χ0n) is 10.7. The lowest BCUT2D eigenvalue weighted by Gasteiger charge is -2.12. The molecule has 0 spiro atoms. The van der Waals surface area contributed by atoms with E-state index in [1.165, 1.54) is 6.07 Å². The molecule has 4 heteroatoms. The van der Waals surface area contributed by atoms with Gasteiger partial charge < -0.3 is 9.30 Å². The molecule has 98 valence electrons. The molecule has 0 saturated carbocycles. The van der Waals surface area contributed by atoms with Crippen LogP contribution in [0.1, 0.15) is 15.9 Å². The van der Waals surface area contributed by atoms with E-state index in [2.05, 4.69) is 0 Å². The Balaban J connectivity index is 2.06. The molecular weight excluding hydrogens is 242 g/mol. The zero-order chi connectivity index (χ0) is 13.7. The minimum absolute atomic E-state index is 0.0634. The van der Waals surface area contributed by atoms with Gasteiger partial charge in [-0.25, -0.2) is 0 Å². The second-order valence-electron chi connectivity index (χ2n) is 4.19. The van der Waals surface area contributed by atoms with E-state index in [1.807, 2.05) is 19.1 Å². The molecule has 0 N–H and O–H groups in total. The molecule has 0 aliphatic rings. The van der Waals surface area contributed by atoms with Gasteiger partial charge in [-0.05, 0) is 24.6 Å². The Labute approximate surface area is 111 Å². The Hall–Kier alpha value is -2.36. The van der Waals surface area contributed by atoms with Crippen molar-refractivity contribution >= 4 is 6.29 Å². The summed E-state index contributed by atoms with van der Waals surface area (Å²) in [7, 11) is 0. The monoisotopic (exact) mass is 257 g/mol. The molecule has 1 aromatic carbocycles. The largest absolute Gasteiger partial charge is 0.491 e. The standard InChI is InChI=1S/C15H15NO3/c1-12-5-4-6-13(11-17)15(12)19-10-9-16-8-3-2-7-14(16)18/h2-8,11H,9-10H2,1H3. The molecule has 2 rings (SSSR count). The molecule has 1 heterocycles. The first-order valence-corrected chi connectivity index (χ1v) is 6.05. The number of pyridine rings is 1. The van der Waals surface area contributed by atoms with Crippen molar-refractivity contribution in [1.82, 2.24) is 4.57 Å². The minimum Gasteiger partial charge on any atom is -0.491 e. The molecule has 0 saturated heterocycles. The molecule has 0 radical (unpaired) electrons. The minimum atomic E-state index is -0.0634. The van der Waals surface area contributed by atoms with Crippen LogP contribution in [-0.2, 0) is 6.54 Å². The van der Waals surface area contributed by atoms with Crippen molar-refractivity contribution in [2.45, 2.75) is 13.5 Å². The number of hydrogen-bond acceptors (Lipinski definition) is 3. The van der Waals surface area contributed by atoms with Gasteiger partial charge >= 0.3 is 0 Å². The Morgan fingerprint density at radius 2 is 2.05 bits per heavy atom. The van der Waals surface area contributed by atoms with Crippen LogP contribution in [0.3, 0.4) is 0 Å². The fraction of sp³-hybridized carbons (Fsp3) is 0.200. The normalized spacial score (nSPS) is 10.2. The maximum Gasteiger partial charge on any atom is 0.250 e. The van der Waals surface area contributed by atoms with Gasteiger partial charge in [0.1, 0.15) is 12.4 Å². The summed E-state index contributed by atoms with van der Waals surface area (Å²) in [5.41, 5.74) is 1.37. The van der Waals surface area contributed by atoms with Crippen LogP contribution < -0.4 is 10.3 Å². The fourth-order valence-electron chi connectivity index (χ4n) is 1.86. The average Bonchev–Trinajstić information content (AvgIpc) is 2.42. The van der Waals surface area contributed by atoms with Gasteiger partial charge in [-0.1, -0.05) is 18.2 Å². The van der Waals surface area contributed by atoms with E-state index in [1.54, 1.807) is 29.0 Å². The van der Waals surface area contributed by atoms with E-state index in [4.69, 9.17) is 4.74 Å². The summed E-state index contributed by atoms with van der Waals surface area (Å²) in [5.74, 6) is 0.585. The number of aldehydes is 1. The number of benzene rings is 1. The van der Waals surface area contributed by atoms with Crippen molar-refractivity contribution in [2.24, 2.45) is 0 Å². The summed E-state index contributed by atoms with van der Waals surface area (Å²) in [6.45, 7) is 2.68. The van der Waals surface area contributed by atoms with Crippen LogP contribution >= 0.6 is 0 Å². The van der Waals surface area contributed by atoms with E-state index in [9.17, 15) is 9.59 Å². The molecule has 0 fully saturated rings. The zero-order valence-corrected chi connectivity index (χ0v) is 10.7. The lowest BCUT2D eigenvalue weighted by atomic mass is 10.1. The summed E-state index contributed by atoms with van der Waals surface area (Å²) in [5, 5.41) is 0. The number of nitrogens with zero attached hydrogens (tertiary/aromatic N) is 1. The predicted octanol–water partition coefficient (Wildman–Crippen LogP) is 2.05. The van der Waals surface area contributed by atoms with Crippen molar-refractivity contribution in [3.8, 4) is 5.75 Å². The van der Waals surface area contributed by atoms with Gasteiger partial charge in [0.05, 0.1) is 12.1 Å². The molecule has 0 aliphatic carbocycles. The highest BCUT2D eigenvalue weighted by Crippen LogP contribution is 2.21. The van der Waals surface area contributed by atoms with Gasteiger partial charge in [-0.2, -0.15) is 0 Å². The summed E-state index contributed by atoms with van der Waals surface area (Å²) in [6, 6.07) is 10.4. The third kappa shape index (κ3) is 3.10. The number of rotatable bonds is 5. The SMILES string of the molecule is Cc1cccc(C=O)c1OCCn1ccccc1=O. The van der Waals surface area contributed by atoms with E-state index < -0.39 is 0 Å². The molecule has 0 aliphatic heterocycles. The van der Waals surface area contributed by atoms with Gasteiger partial charge in [0.15, 0.2) is 6.29 Å². The van der Waals surface area contributed by atoms with Crippen molar-refractivity contribution in [1.29, 1.82) is 0 Å². The molecule has 0 bridgehead atoms. The maximum atomic E-state index is 11.5. The fourth-order valence-corrected chi connectivity index (χ4v) is 1.86. The van der Waals surface area contributed by atoms with Crippen molar-refractivity contribution in [2.75, 3.05) is 6.61 Å². The van der Waals surface area contributed by atoms with Crippen molar-refractivity contribution in [3.63, 3.8) is 0 Å². The summed E-state index contributed by atoms with van der Waals surface area (Å²) in [4.78, 5) is 22.4. The van der Waals surface area contributed by atoms with Crippen LogP contribution in [0, 0.1) is 6.92 Å². The van der Waals surface area contributed by atoms with E-state index in [0.717, 1.165) is 11.8 Å². The van der Waals surface area contributed by atoms with E-state index in [0.29, 0.717) is 24.5 Å². The molecule has 0 atom stereocenters. The van der Waals surface area contributed by atoms with Crippen LogP contribution in [-0.4, -0.2) is 17.5 Å². The Morgan fingerprint density at radius 1 is 1.21 bits per heavy atom. The summed E-state index contributed by atoms with van der Waals surface area (Å²) >= 11 is 0. The molecular formula is C15H15NO3. The van der Waals surface area contributed by atoms with Crippen molar-refractivity contribution in [3.05, 3.63) is 64.1 Å². The third-order valence-electron chi connectivity index (χ3n) is 2.85. The molecule has 0 amide bonds. The van der Waals surface area contributed by atoms with Crippen LogP contribution in [0.25, 0.3) is 0 Å². The van der Waals surface area contributed by atoms with Gasteiger partial charge in [0, 0.05) is 12.3 Å². The molecule has 4 nitrogen and oxygen atoms in total. The molecule has 19 heavy (non-hydrogen) atoms. The molecule has 2 aromatic rings. The Morgan fingerprint density at radius 3 is 2.79 bits per heavy atom. The summed E-state index contributed by atoms with van der Waals surface area (Å²) in [6.07, 6.45) is 2.49.